The van der Waals surface area contributed by atoms with Crippen molar-refractivity contribution in [3.05, 3.63) is 10.6 Å². The summed E-state index contributed by atoms with van der Waals surface area (Å²) in [4.78, 5) is 0. The van der Waals surface area contributed by atoms with Crippen molar-refractivity contribution in [3.8, 4) is 0 Å². The van der Waals surface area contributed by atoms with Gasteiger partial charge in [0.05, 0.1) is 0 Å². The third kappa shape index (κ3) is 3.66. The normalized spacial score (nSPS) is 13.2. The number of nitrogens with one attached hydrogen (secondary N) is 1. The predicted molar refractivity (Wildman–Crippen MR) is 75.0 cm³/mol. The Balaban J connectivity index is 2.99. The molecule has 98 valence electrons. The van der Waals surface area contributed by atoms with Gasteiger partial charge >= 0.3 is 0 Å². The van der Waals surface area contributed by atoms with Crippen LogP contribution < -0.4 is 0 Å². The molecule has 0 aliphatic carbocycles. The lowest BCUT2D eigenvalue weighted by atomic mass is 10.0. The molecule has 0 fully saturated rings. The minimum atomic E-state index is 0.420. The van der Waals surface area contributed by atoms with Gasteiger partial charge in [0.1, 0.15) is 5.82 Å². The molecule has 1 aromatic heterocycles. The van der Waals surface area contributed by atoms with Gasteiger partial charge in [-0.1, -0.05) is 47.0 Å². The second-order valence-corrected chi connectivity index (χ2v) is 5.38. The molecule has 1 rings (SSSR count). The number of hydrogen-bond donors (Lipinski definition) is 1. The van der Waals surface area contributed by atoms with Crippen molar-refractivity contribution in [2.45, 2.75) is 71.8 Å². The molecule has 3 nitrogen and oxygen atoms in total. The SMILES string of the molecule is CCCCC(CCC)n1c(C(C)C)n[nH]c1=S. The fourth-order valence-electron chi connectivity index (χ4n) is 2.25. The first-order valence-electron chi connectivity index (χ1n) is 6.78. The lowest BCUT2D eigenvalue weighted by Gasteiger charge is -2.20. The summed E-state index contributed by atoms with van der Waals surface area (Å²) in [5, 5.41) is 7.32. The Morgan fingerprint density at radius 2 is 1.94 bits per heavy atom. The van der Waals surface area contributed by atoms with Gasteiger partial charge in [0, 0.05) is 12.0 Å². The van der Waals surface area contributed by atoms with Crippen LogP contribution in [0.15, 0.2) is 0 Å². The molecule has 0 radical (unpaired) electrons. The minimum Gasteiger partial charge on any atom is -0.301 e. The molecule has 17 heavy (non-hydrogen) atoms. The second-order valence-electron chi connectivity index (χ2n) is 5.00. The average Bonchev–Trinajstić information content (AvgIpc) is 2.66. The summed E-state index contributed by atoms with van der Waals surface area (Å²) in [5.74, 6) is 1.52. The van der Waals surface area contributed by atoms with E-state index in [9.17, 15) is 0 Å². The molecule has 0 amide bonds. The van der Waals surface area contributed by atoms with Gasteiger partial charge in [-0.25, -0.2) is 0 Å². The Morgan fingerprint density at radius 3 is 2.47 bits per heavy atom. The van der Waals surface area contributed by atoms with E-state index in [1.54, 1.807) is 0 Å². The zero-order chi connectivity index (χ0) is 12.8. The number of hydrogen-bond acceptors (Lipinski definition) is 2. The Hall–Kier alpha value is -0.640. The summed E-state index contributed by atoms with van der Waals surface area (Å²) in [6.07, 6.45) is 6.09. The minimum absolute atomic E-state index is 0.420. The van der Waals surface area contributed by atoms with Crippen LogP contribution in [-0.4, -0.2) is 14.8 Å². The summed E-state index contributed by atoms with van der Waals surface area (Å²) >= 11 is 5.38. The van der Waals surface area contributed by atoms with Crippen molar-refractivity contribution in [2.24, 2.45) is 0 Å². The number of nitrogens with zero attached hydrogens (tertiary/aromatic N) is 2. The maximum atomic E-state index is 5.38. The molecule has 1 atom stereocenters. The van der Waals surface area contributed by atoms with Crippen molar-refractivity contribution in [1.82, 2.24) is 14.8 Å². The maximum absolute atomic E-state index is 5.38. The van der Waals surface area contributed by atoms with Gasteiger partial charge in [0.15, 0.2) is 4.77 Å². The molecule has 0 aliphatic rings. The van der Waals surface area contributed by atoms with E-state index in [1.165, 1.54) is 32.1 Å². The highest BCUT2D eigenvalue weighted by molar-refractivity contribution is 7.71. The van der Waals surface area contributed by atoms with Gasteiger partial charge in [-0.3, -0.25) is 5.10 Å². The first-order valence-corrected chi connectivity index (χ1v) is 7.19. The number of aromatic amines is 1. The van der Waals surface area contributed by atoms with Gasteiger partial charge < -0.3 is 4.57 Å². The molecule has 1 unspecified atom stereocenters. The highest BCUT2D eigenvalue weighted by atomic mass is 32.1. The first-order chi connectivity index (χ1) is 8.11. The lowest BCUT2D eigenvalue weighted by Crippen LogP contribution is -2.13. The molecule has 1 aromatic rings. The van der Waals surface area contributed by atoms with Crippen molar-refractivity contribution >= 4 is 12.2 Å². The van der Waals surface area contributed by atoms with Crippen LogP contribution in [-0.2, 0) is 0 Å². The van der Waals surface area contributed by atoms with Crippen LogP contribution in [0.25, 0.3) is 0 Å². The van der Waals surface area contributed by atoms with Crippen LogP contribution in [0.5, 0.6) is 0 Å². The summed E-state index contributed by atoms with van der Waals surface area (Å²) in [5.41, 5.74) is 0. The second kappa shape index (κ2) is 6.94. The Labute approximate surface area is 110 Å². The van der Waals surface area contributed by atoms with E-state index in [-0.39, 0.29) is 0 Å². The molecule has 0 aromatic carbocycles. The predicted octanol–water partition coefficient (Wildman–Crippen LogP) is 4.60. The smallest absolute Gasteiger partial charge is 0.195 e. The molecule has 0 spiro atoms. The van der Waals surface area contributed by atoms with Crippen LogP contribution >= 0.6 is 12.2 Å². The standard InChI is InChI=1S/C13H25N3S/c1-5-7-9-11(8-6-2)16-12(10(3)4)14-15-13(16)17/h10-11H,5-9H2,1-4H3,(H,15,17). The molecule has 0 bridgehead atoms. The summed E-state index contributed by atoms with van der Waals surface area (Å²) in [6, 6.07) is 0.517. The average molecular weight is 255 g/mol. The molecule has 0 saturated heterocycles. The van der Waals surface area contributed by atoms with Crippen molar-refractivity contribution in [2.75, 3.05) is 0 Å². The molecular weight excluding hydrogens is 230 g/mol. The largest absolute Gasteiger partial charge is 0.301 e. The molecule has 1 N–H and O–H groups in total. The highest BCUT2D eigenvalue weighted by Gasteiger charge is 2.17. The van der Waals surface area contributed by atoms with E-state index >= 15 is 0 Å². The monoisotopic (exact) mass is 255 g/mol. The molecular formula is C13H25N3S. The third-order valence-electron chi connectivity index (χ3n) is 3.13. The Morgan fingerprint density at radius 1 is 1.24 bits per heavy atom. The van der Waals surface area contributed by atoms with Gasteiger partial charge in [-0.05, 0) is 25.1 Å². The lowest BCUT2D eigenvalue weighted by molar-refractivity contribution is 0.397. The van der Waals surface area contributed by atoms with Gasteiger partial charge in [-0.2, -0.15) is 5.10 Å². The van der Waals surface area contributed by atoms with E-state index in [2.05, 4.69) is 42.5 Å². The summed E-state index contributed by atoms with van der Waals surface area (Å²) in [7, 11) is 0. The third-order valence-corrected chi connectivity index (χ3v) is 3.41. The summed E-state index contributed by atoms with van der Waals surface area (Å²) in [6.45, 7) is 8.81. The van der Waals surface area contributed by atoms with E-state index in [1.807, 2.05) is 0 Å². The van der Waals surface area contributed by atoms with E-state index in [4.69, 9.17) is 12.2 Å². The topological polar surface area (TPSA) is 33.6 Å². The fourth-order valence-corrected chi connectivity index (χ4v) is 2.54. The van der Waals surface area contributed by atoms with Crippen LogP contribution in [0.1, 0.15) is 77.6 Å². The van der Waals surface area contributed by atoms with E-state index in [0.29, 0.717) is 12.0 Å². The van der Waals surface area contributed by atoms with Gasteiger partial charge in [0.2, 0.25) is 0 Å². The molecule has 4 heteroatoms. The number of rotatable bonds is 7. The number of unbranched alkanes of at least 4 members (excludes halogenated alkanes) is 1. The first kappa shape index (κ1) is 14.4. The number of H-pyrrole nitrogens is 1. The van der Waals surface area contributed by atoms with Crippen LogP contribution in [0.2, 0.25) is 0 Å². The van der Waals surface area contributed by atoms with Crippen molar-refractivity contribution < 1.29 is 0 Å². The van der Waals surface area contributed by atoms with Crippen LogP contribution in [0.4, 0.5) is 0 Å². The van der Waals surface area contributed by atoms with Gasteiger partial charge in [-0.15, -0.1) is 0 Å². The maximum Gasteiger partial charge on any atom is 0.195 e. The fraction of sp³-hybridized carbons (Fsp3) is 0.846. The summed E-state index contributed by atoms with van der Waals surface area (Å²) < 4.78 is 3.03. The molecule has 0 aliphatic heterocycles. The van der Waals surface area contributed by atoms with Gasteiger partial charge in [0.25, 0.3) is 0 Å². The Kier molecular flexibility index (Phi) is 5.89. The van der Waals surface area contributed by atoms with Crippen molar-refractivity contribution in [3.63, 3.8) is 0 Å². The zero-order valence-electron chi connectivity index (χ0n) is 11.5. The molecule has 0 saturated carbocycles. The quantitative estimate of drug-likeness (QED) is 0.723. The van der Waals surface area contributed by atoms with Crippen LogP contribution in [0.3, 0.4) is 0 Å². The van der Waals surface area contributed by atoms with Crippen LogP contribution in [0, 0.1) is 4.77 Å². The van der Waals surface area contributed by atoms with E-state index < -0.39 is 0 Å². The van der Waals surface area contributed by atoms with E-state index in [0.717, 1.165) is 10.6 Å². The van der Waals surface area contributed by atoms with Crippen molar-refractivity contribution in [1.29, 1.82) is 0 Å². The zero-order valence-corrected chi connectivity index (χ0v) is 12.3. The number of aromatic nitrogens is 3. The highest BCUT2D eigenvalue weighted by Crippen LogP contribution is 2.25. The molecule has 1 heterocycles. The Bertz CT molecular complexity index is 378.